The standard InChI is InChI=1S/C18H36O6.C16H32O6.C15H30O6/c1-2-3-4-5-6-7-8-9-10-11-12-23-18-17(22)16(21)15(20)14(13-19)24-18;1-2-3-4-5-6-7-8-9-10-21-16-15(20)14(19)13(18)12(11-17)22-16;1-2-3-4-5-6-7-8-9-20-15-14(19)13(18)12(17)11(10-16)21-15/h14-22H,2-13H2,1H3;12-20H,2-11H2,1H3;11-19H,2-10H2,1H3/t14-,15-,16+,17-,18-;12-,13-,14+,15-,16-;11-,12-,13+,14-,15-/m111/s1. The molecule has 3 aliphatic heterocycles. The van der Waals surface area contributed by atoms with E-state index in [2.05, 4.69) is 20.8 Å². The Balaban J connectivity index is 0.000000504. The van der Waals surface area contributed by atoms with Gasteiger partial charge in [0.05, 0.1) is 19.8 Å². The first kappa shape index (κ1) is 64.3. The van der Waals surface area contributed by atoms with E-state index in [-0.39, 0.29) is 0 Å². The number of ether oxygens (including phenoxy) is 6. The summed E-state index contributed by atoms with van der Waals surface area (Å²) in [7, 11) is 0. The zero-order valence-electron chi connectivity index (χ0n) is 41.4. The smallest absolute Gasteiger partial charge is 0.186 e. The average molecular weight is 975 g/mol. The summed E-state index contributed by atoms with van der Waals surface area (Å²) in [6, 6.07) is 0. The average Bonchev–Trinajstić information content (AvgIpc) is 3.33. The van der Waals surface area contributed by atoms with Gasteiger partial charge in [0.1, 0.15) is 73.2 Å². The summed E-state index contributed by atoms with van der Waals surface area (Å²) < 4.78 is 32.1. The molecule has 15 atom stereocenters. The molecule has 3 rings (SSSR count). The molecule has 3 saturated heterocycles. The van der Waals surface area contributed by atoms with Gasteiger partial charge < -0.3 is 89.7 Å². The highest BCUT2D eigenvalue weighted by Gasteiger charge is 2.46. The molecule has 3 aliphatic rings. The van der Waals surface area contributed by atoms with E-state index in [1.807, 2.05) is 0 Å². The van der Waals surface area contributed by atoms with Crippen LogP contribution in [0.25, 0.3) is 0 Å². The Morgan fingerprint density at radius 3 is 0.657 bits per heavy atom. The van der Waals surface area contributed by atoms with Crippen molar-refractivity contribution < 1.29 is 89.7 Å². The van der Waals surface area contributed by atoms with Crippen LogP contribution < -0.4 is 0 Å². The number of rotatable bonds is 34. The molecule has 0 aromatic carbocycles. The van der Waals surface area contributed by atoms with Gasteiger partial charge in [0, 0.05) is 19.8 Å². The lowest BCUT2D eigenvalue weighted by atomic mass is 9.99. The van der Waals surface area contributed by atoms with E-state index in [1.54, 1.807) is 0 Å². The number of unbranched alkanes of at least 4 members (excludes halogenated alkanes) is 22. The van der Waals surface area contributed by atoms with Gasteiger partial charge in [-0.25, -0.2) is 0 Å². The molecule has 0 bridgehead atoms. The molecule has 18 nitrogen and oxygen atoms in total. The Kier molecular flexibility index (Phi) is 39.2. The van der Waals surface area contributed by atoms with Gasteiger partial charge in [0.25, 0.3) is 0 Å². The second kappa shape index (κ2) is 40.8. The van der Waals surface area contributed by atoms with Gasteiger partial charge in [0.15, 0.2) is 18.9 Å². The highest BCUT2D eigenvalue weighted by Crippen LogP contribution is 2.25. The molecule has 0 radical (unpaired) electrons. The van der Waals surface area contributed by atoms with E-state index in [4.69, 9.17) is 43.7 Å². The minimum atomic E-state index is -1.37. The van der Waals surface area contributed by atoms with Gasteiger partial charge >= 0.3 is 0 Å². The maximum atomic E-state index is 9.84. The Morgan fingerprint density at radius 1 is 0.269 bits per heavy atom. The van der Waals surface area contributed by atoms with Crippen LogP contribution in [0, 0.1) is 0 Å². The summed E-state index contributed by atoms with van der Waals surface area (Å²) in [5, 5.41) is 115. The van der Waals surface area contributed by atoms with Crippen molar-refractivity contribution in [1.82, 2.24) is 0 Å². The molecule has 67 heavy (non-hydrogen) atoms. The van der Waals surface area contributed by atoms with Crippen LogP contribution >= 0.6 is 0 Å². The Morgan fingerprint density at radius 2 is 0.463 bits per heavy atom. The van der Waals surface area contributed by atoms with Crippen molar-refractivity contribution >= 4 is 0 Å². The van der Waals surface area contributed by atoms with E-state index in [9.17, 15) is 46.0 Å². The van der Waals surface area contributed by atoms with Crippen LogP contribution in [0.3, 0.4) is 0 Å². The highest BCUT2D eigenvalue weighted by atomic mass is 16.7. The number of aliphatic hydroxyl groups is 12. The summed E-state index contributed by atoms with van der Waals surface area (Å²) in [6.07, 6.45) is 12.2. The van der Waals surface area contributed by atoms with E-state index >= 15 is 0 Å². The summed E-state index contributed by atoms with van der Waals surface area (Å²) in [5.41, 5.74) is 0. The van der Waals surface area contributed by atoms with Crippen molar-refractivity contribution in [2.75, 3.05) is 39.6 Å². The van der Waals surface area contributed by atoms with Crippen LogP contribution in [-0.2, 0) is 28.4 Å². The SMILES string of the molecule is CCCCCCCCCCCCO[C@@H]1O[C@H](CO)[C@@H](O)[C@H](O)[C@H]1O.CCCCCCCCCCO[C@@H]1O[C@H](CO)[C@@H](O)[C@H](O)[C@H]1O.CCCCCCCCCO[C@@H]1O[C@H](CO)[C@@H](O)[C@H](O)[C@H]1O. The van der Waals surface area contributed by atoms with Crippen LogP contribution in [0.1, 0.15) is 181 Å². The topological polar surface area (TPSA) is 298 Å². The molecule has 0 aromatic heterocycles. The van der Waals surface area contributed by atoms with Crippen LogP contribution in [0.15, 0.2) is 0 Å². The zero-order chi connectivity index (χ0) is 49.8. The molecule has 0 aliphatic carbocycles. The van der Waals surface area contributed by atoms with Gasteiger partial charge in [-0.2, -0.15) is 0 Å². The maximum Gasteiger partial charge on any atom is 0.186 e. The molecule has 0 aromatic rings. The quantitative estimate of drug-likeness (QED) is 0.0412. The fourth-order valence-corrected chi connectivity index (χ4v) is 8.10. The van der Waals surface area contributed by atoms with E-state index in [1.165, 1.54) is 116 Å². The predicted molar refractivity (Wildman–Crippen MR) is 252 cm³/mol. The molecule has 402 valence electrons. The molecule has 3 heterocycles. The second-order valence-corrected chi connectivity index (χ2v) is 18.5. The molecular formula is C49H98O18. The molecule has 12 N–H and O–H groups in total. The van der Waals surface area contributed by atoms with Crippen molar-refractivity contribution in [3.63, 3.8) is 0 Å². The van der Waals surface area contributed by atoms with Crippen molar-refractivity contribution in [1.29, 1.82) is 0 Å². The lowest BCUT2D eigenvalue weighted by Crippen LogP contribution is -2.59. The lowest BCUT2D eigenvalue weighted by molar-refractivity contribution is -0.301. The van der Waals surface area contributed by atoms with Crippen molar-refractivity contribution in [2.24, 2.45) is 0 Å². The Bertz CT molecular complexity index is 1090. The Labute approximate surface area is 401 Å². The van der Waals surface area contributed by atoms with Crippen LogP contribution in [-0.4, -0.2) is 193 Å². The summed E-state index contributed by atoms with van der Waals surface area (Å²) in [4.78, 5) is 0. The maximum absolute atomic E-state index is 9.84. The zero-order valence-corrected chi connectivity index (χ0v) is 41.4. The summed E-state index contributed by atoms with van der Waals surface area (Å²) in [6.45, 7) is 6.62. The van der Waals surface area contributed by atoms with Gasteiger partial charge in [0.2, 0.25) is 0 Å². The first-order valence-electron chi connectivity index (χ1n) is 26.1. The van der Waals surface area contributed by atoms with E-state index in [0.29, 0.717) is 19.8 Å². The van der Waals surface area contributed by atoms with E-state index < -0.39 is 112 Å². The number of aliphatic hydroxyl groups excluding tert-OH is 12. The monoisotopic (exact) mass is 975 g/mol. The normalized spacial score (nSPS) is 32.0. The molecule has 0 spiro atoms. The number of hydrogen-bond acceptors (Lipinski definition) is 18. The van der Waals surface area contributed by atoms with Gasteiger partial charge in [-0.15, -0.1) is 0 Å². The highest BCUT2D eigenvalue weighted by molar-refractivity contribution is 4.90. The second-order valence-electron chi connectivity index (χ2n) is 18.5. The van der Waals surface area contributed by atoms with Gasteiger partial charge in [-0.3, -0.25) is 0 Å². The third-order valence-corrected chi connectivity index (χ3v) is 12.6. The van der Waals surface area contributed by atoms with Gasteiger partial charge in [-0.1, -0.05) is 162 Å². The molecular weight excluding hydrogens is 877 g/mol. The van der Waals surface area contributed by atoms with Crippen molar-refractivity contribution in [2.45, 2.75) is 273 Å². The minimum absolute atomic E-state index is 0.427. The summed E-state index contributed by atoms with van der Waals surface area (Å²) in [5.74, 6) is 0. The fourth-order valence-electron chi connectivity index (χ4n) is 8.10. The van der Waals surface area contributed by atoms with Crippen LogP contribution in [0.2, 0.25) is 0 Å². The van der Waals surface area contributed by atoms with Gasteiger partial charge in [-0.05, 0) is 19.3 Å². The van der Waals surface area contributed by atoms with E-state index in [0.717, 1.165) is 44.9 Å². The number of hydrogen-bond donors (Lipinski definition) is 12. The Hall–Kier alpha value is -0.720. The molecule has 3 fully saturated rings. The van der Waals surface area contributed by atoms with Crippen molar-refractivity contribution in [3.8, 4) is 0 Å². The largest absolute Gasteiger partial charge is 0.394 e. The first-order valence-corrected chi connectivity index (χ1v) is 26.1. The third-order valence-electron chi connectivity index (χ3n) is 12.6. The molecule has 18 heteroatoms. The summed E-state index contributed by atoms with van der Waals surface area (Å²) >= 11 is 0. The molecule has 0 amide bonds. The predicted octanol–water partition coefficient (Wildman–Crippen LogP) is 3.22. The third kappa shape index (κ3) is 26.5. The molecule has 0 saturated carbocycles. The molecule has 0 unspecified atom stereocenters. The fraction of sp³-hybridized carbons (Fsp3) is 1.00. The van der Waals surface area contributed by atoms with Crippen molar-refractivity contribution in [3.05, 3.63) is 0 Å². The van der Waals surface area contributed by atoms with Crippen LogP contribution in [0.5, 0.6) is 0 Å². The van der Waals surface area contributed by atoms with Crippen LogP contribution in [0.4, 0.5) is 0 Å². The first-order chi connectivity index (χ1) is 32.3. The lowest BCUT2D eigenvalue weighted by Gasteiger charge is -2.39. The minimum Gasteiger partial charge on any atom is -0.394 e.